The van der Waals surface area contributed by atoms with Gasteiger partial charge in [-0.3, -0.25) is 4.79 Å². The molecule has 0 unspecified atom stereocenters. The lowest BCUT2D eigenvalue weighted by atomic mass is 10.2. The zero-order valence-electron chi connectivity index (χ0n) is 14.4. The first-order valence-electron chi connectivity index (χ1n) is 8.09. The van der Waals surface area contributed by atoms with Gasteiger partial charge >= 0.3 is 0 Å². The van der Waals surface area contributed by atoms with E-state index in [0.29, 0.717) is 35.2 Å². The number of carbonyl (C=O) groups excluding carboxylic acids is 1. The number of azo groups is 1. The maximum absolute atomic E-state index is 11.0. The summed E-state index contributed by atoms with van der Waals surface area (Å²) in [7, 11) is 0. The number of amides is 1. The third kappa shape index (κ3) is 5.80. The lowest BCUT2D eigenvalue weighted by Gasteiger charge is -2.23. The molecule has 3 N–H and O–H groups in total. The SMILES string of the molecule is CC(=O)Nc1ccc(N=Nc2ccc(N(CCO)CCO)cc2Cl)cc1. The second kappa shape index (κ2) is 9.86. The van der Waals surface area contributed by atoms with Crippen molar-refractivity contribution in [2.24, 2.45) is 10.2 Å². The topological polar surface area (TPSA) is 97.5 Å². The molecule has 0 atom stereocenters. The first-order valence-corrected chi connectivity index (χ1v) is 8.47. The Hall–Kier alpha value is -2.48. The van der Waals surface area contributed by atoms with Gasteiger partial charge in [-0.25, -0.2) is 0 Å². The van der Waals surface area contributed by atoms with Gasteiger partial charge in [0.1, 0.15) is 5.69 Å². The molecule has 0 saturated heterocycles. The normalized spacial score (nSPS) is 10.9. The fourth-order valence-electron chi connectivity index (χ4n) is 2.31. The lowest BCUT2D eigenvalue weighted by molar-refractivity contribution is -0.114. The molecule has 0 radical (unpaired) electrons. The predicted molar refractivity (Wildman–Crippen MR) is 103 cm³/mol. The maximum Gasteiger partial charge on any atom is 0.221 e. The summed E-state index contributed by atoms with van der Waals surface area (Å²) in [5, 5.41) is 29.6. The number of aliphatic hydroxyl groups is 2. The van der Waals surface area contributed by atoms with Gasteiger partial charge in [0.05, 0.1) is 23.9 Å². The Morgan fingerprint density at radius 1 is 1.08 bits per heavy atom. The molecule has 0 aromatic heterocycles. The highest BCUT2D eigenvalue weighted by Gasteiger charge is 2.08. The molecule has 0 aliphatic heterocycles. The molecule has 0 spiro atoms. The van der Waals surface area contributed by atoms with Gasteiger partial charge in [-0.05, 0) is 42.5 Å². The monoisotopic (exact) mass is 376 g/mol. The number of benzene rings is 2. The number of halogens is 1. The van der Waals surface area contributed by atoms with Crippen molar-refractivity contribution in [1.82, 2.24) is 0 Å². The van der Waals surface area contributed by atoms with Crippen LogP contribution in [0.4, 0.5) is 22.7 Å². The third-order valence-electron chi connectivity index (χ3n) is 3.50. The largest absolute Gasteiger partial charge is 0.395 e. The highest BCUT2D eigenvalue weighted by atomic mass is 35.5. The van der Waals surface area contributed by atoms with Crippen molar-refractivity contribution in [3.8, 4) is 0 Å². The van der Waals surface area contributed by atoms with E-state index in [2.05, 4.69) is 15.5 Å². The molecule has 0 fully saturated rings. The minimum Gasteiger partial charge on any atom is -0.395 e. The van der Waals surface area contributed by atoms with Crippen LogP contribution in [0.2, 0.25) is 5.02 Å². The zero-order valence-corrected chi connectivity index (χ0v) is 15.1. The summed E-state index contributed by atoms with van der Waals surface area (Å²) >= 11 is 6.27. The number of rotatable bonds is 8. The Kier molecular flexibility index (Phi) is 7.53. The van der Waals surface area contributed by atoms with Gasteiger partial charge < -0.3 is 20.4 Å². The van der Waals surface area contributed by atoms with Crippen LogP contribution in [0.3, 0.4) is 0 Å². The van der Waals surface area contributed by atoms with Gasteiger partial charge in [-0.1, -0.05) is 11.6 Å². The van der Waals surface area contributed by atoms with Crippen LogP contribution in [-0.2, 0) is 4.79 Å². The van der Waals surface area contributed by atoms with E-state index in [1.54, 1.807) is 36.4 Å². The summed E-state index contributed by atoms with van der Waals surface area (Å²) in [5.41, 5.74) is 2.61. The molecular weight excluding hydrogens is 356 g/mol. The Morgan fingerprint density at radius 3 is 2.27 bits per heavy atom. The molecular formula is C18H21ClN4O3. The van der Waals surface area contributed by atoms with E-state index in [4.69, 9.17) is 21.8 Å². The van der Waals surface area contributed by atoms with Crippen LogP contribution < -0.4 is 10.2 Å². The quantitative estimate of drug-likeness (QED) is 0.614. The number of anilines is 2. The van der Waals surface area contributed by atoms with Crippen LogP contribution in [-0.4, -0.2) is 42.4 Å². The van der Waals surface area contributed by atoms with Crippen molar-refractivity contribution in [3.05, 3.63) is 47.5 Å². The molecule has 2 aromatic carbocycles. The van der Waals surface area contributed by atoms with E-state index in [1.165, 1.54) is 6.92 Å². The minimum atomic E-state index is -0.136. The lowest BCUT2D eigenvalue weighted by Crippen LogP contribution is -2.29. The number of hydrogen-bond acceptors (Lipinski definition) is 6. The van der Waals surface area contributed by atoms with Crippen LogP contribution in [0.5, 0.6) is 0 Å². The molecule has 26 heavy (non-hydrogen) atoms. The second-order valence-corrected chi connectivity index (χ2v) is 5.91. The van der Waals surface area contributed by atoms with Crippen LogP contribution in [0, 0.1) is 0 Å². The summed E-state index contributed by atoms with van der Waals surface area (Å²) in [4.78, 5) is 12.8. The minimum absolute atomic E-state index is 0.0203. The van der Waals surface area contributed by atoms with Gasteiger partial charge in [0.15, 0.2) is 0 Å². The fraction of sp³-hybridized carbons (Fsp3) is 0.278. The molecule has 8 heteroatoms. The van der Waals surface area contributed by atoms with Crippen LogP contribution in [0.1, 0.15) is 6.92 Å². The third-order valence-corrected chi connectivity index (χ3v) is 3.80. The summed E-state index contributed by atoms with van der Waals surface area (Å²) in [6, 6.07) is 12.2. The van der Waals surface area contributed by atoms with Crippen molar-refractivity contribution in [1.29, 1.82) is 0 Å². The van der Waals surface area contributed by atoms with E-state index in [0.717, 1.165) is 5.69 Å². The van der Waals surface area contributed by atoms with Crippen LogP contribution in [0.25, 0.3) is 0 Å². The summed E-state index contributed by atoms with van der Waals surface area (Å²) in [6.45, 7) is 2.21. The summed E-state index contributed by atoms with van der Waals surface area (Å²) < 4.78 is 0. The Balaban J connectivity index is 2.11. The van der Waals surface area contributed by atoms with E-state index < -0.39 is 0 Å². The molecule has 138 valence electrons. The number of nitrogens with one attached hydrogen (secondary N) is 1. The zero-order chi connectivity index (χ0) is 18.9. The van der Waals surface area contributed by atoms with Crippen molar-refractivity contribution in [2.75, 3.05) is 36.5 Å². The van der Waals surface area contributed by atoms with Crippen molar-refractivity contribution >= 4 is 40.3 Å². The average Bonchev–Trinajstić information content (AvgIpc) is 2.61. The molecule has 0 heterocycles. The van der Waals surface area contributed by atoms with Crippen molar-refractivity contribution in [3.63, 3.8) is 0 Å². The van der Waals surface area contributed by atoms with Gasteiger partial charge in [-0.2, -0.15) is 5.11 Å². The first kappa shape index (κ1) is 19.8. The van der Waals surface area contributed by atoms with E-state index in [-0.39, 0.29) is 19.1 Å². The standard InChI is InChI=1S/C18H21ClN4O3/c1-13(26)20-14-2-4-15(5-3-14)21-22-18-7-6-16(12-17(18)19)23(8-10-24)9-11-25/h2-7,12,24-25H,8-11H2,1H3,(H,20,26). The number of nitrogens with zero attached hydrogens (tertiary/aromatic N) is 3. The molecule has 0 aliphatic carbocycles. The number of hydrogen-bond donors (Lipinski definition) is 3. The molecule has 0 bridgehead atoms. The Morgan fingerprint density at radius 2 is 1.73 bits per heavy atom. The van der Waals surface area contributed by atoms with Crippen LogP contribution >= 0.6 is 11.6 Å². The van der Waals surface area contributed by atoms with Gasteiger partial charge in [0.2, 0.25) is 5.91 Å². The molecule has 7 nitrogen and oxygen atoms in total. The highest BCUT2D eigenvalue weighted by Crippen LogP contribution is 2.31. The second-order valence-electron chi connectivity index (χ2n) is 5.50. The highest BCUT2D eigenvalue weighted by molar-refractivity contribution is 6.33. The molecule has 0 saturated carbocycles. The maximum atomic E-state index is 11.0. The van der Waals surface area contributed by atoms with E-state index in [9.17, 15) is 4.79 Å². The van der Waals surface area contributed by atoms with Gasteiger partial charge in [0.25, 0.3) is 0 Å². The van der Waals surface area contributed by atoms with Crippen molar-refractivity contribution < 1.29 is 15.0 Å². The smallest absolute Gasteiger partial charge is 0.221 e. The molecule has 1 amide bonds. The first-order chi connectivity index (χ1) is 12.5. The number of aliphatic hydroxyl groups excluding tert-OH is 2. The molecule has 2 rings (SSSR count). The Labute approximate surface area is 156 Å². The van der Waals surface area contributed by atoms with Crippen molar-refractivity contribution in [2.45, 2.75) is 6.92 Å². The Bertz CT molecular complexity index is 760. The number of carbonyl (C=O) groups is 1. The van der Waals surface area contributed by atoms with Crippen LogP contribution in [0.15, 0.2) is 52.7 Å². The van der Waals surface area contributed by atoms with Gasteiger partial charge in [0, 0.05) is 31.4 Å². The predicted octanol–water partition coefficient (Wildman–Crippen LogP) is 3.50. The molecule has 2 aromatic rings. The summed E-state index contributed by atoms with van der Waals surface area (Å²) in [5.74, 6) is -0.136. The van der Waals surface area contributed by atoms with E-state index in [1.807, 2.05) is 11.0 Å². The van der Waals surface area contributed by atoms with E-state index >= 15 is 0 Å². The summed E-state index contributed by atoms with van der Waals surface area (Å²) in [6.07, 6.45) is 0. The molecule has 0 aliphatic rings. The fourth-order valence-corrected chi connectivity index (χ4v) is 2.52. The average molecular weight is 377 g/mol. The van der Waals surface area contributed by atoms with Gasteiger partial charge in [-0.15, -0.1) is 5.11 Å².